The van der Waals surface area contributed by atoms with Crippen molar-refractivity contribution >= 4 is 23.0 Å². The van der Waals surface area contributed by atoms with Crippen molar-refractivity contribution in [3.05, 3.63) is 34.9 Å². The molecule has 0 amide bonds. The highest BCUT2D eigenvalue weighted by Crippen LogP contribution is 2.37. The zero-order valence-electron chi connectivity index (χ0n) is 12.5. The zero-order valence-corrected chi connectivity index (χ0v) is 14.1. The van der Waals surface area contributed by atoms with Crippen molar-refractivity contribution in [1.82, 2.24) is 4.72 Å². The lowest BCUT2D eigenvalue weighted by molar-refractivity contribution is 0.405. The number of rotatable bonds is 4. The number of hydrogen-bond donors (Lipinski definition) is 1. The van der Waals surface area contributed by atoms with Crippen molar-refractivity contribution in [3.8, 4) is 0 Å². The van der Waals surface area contributed by atoms with Gasteiger partial charge in [-0.15, -0.1) is 4.72 Å². The van der Waals surface area contributed by atoms with Gasteiger partial charge in [0, 0.05) is 16.4 Å². The quantitative estimate of drug-likeness (QED) is 0.823. The van der Waals surface area contributed by atoms with E-state index in [4.69, 9.17) is 11.6 Å². The highest BCUT2D eigenvalue weighted by Gasteiger charge is 2.34. The van der Waals surface area contributed by atoms with Crippen molar-refractivity contribution in [2.24, 2.45) is 5.92 Å². The molecule has 0 saturated heterocycles. The van der Waals surface area contributed by atoms with Gasteiger partial charge >= 0.3 is 0 Å². The van der Waals surface area contributed by atoms with Crippen LogP contribution in [-0.4, -0.2) is 9.30 Å². The fourth-order valence-corrected chi connectivity index (χ4v) is 3.83. The molecule has 1 aliphatic rings. The first-order chi connectivity index (χ1) is 9.38. The molecule has 20 heavy (non-hydrogen) atoms. The van der Waals surface area contributed by atoms with Crippen LogP contribution < -0.4 is 4.72 Å². The molecule has 0 heterocycles. The van der Waals surface area contributed by atoms with Crippen molar-refractivity contribution in [2.45, 2.75) is 57.2 Å². The summed E-state index contributed by atoms with van der Waals surface area (Å²) in [5.41, 5.74) is 1.15. The minimum atomic E-state index is -1.06. The van der Waals surface area contributed by atoms with Crippen LogP contribution in [0.2, 0.25) is 5.02 Å². The van der Waals surface area contributed by atoms with Gasteiger partial charge in [0.1, 0.15) is 4.75 Å². The summed E-state index contributed by atoms with van der Waals surface area (Å²) < 4.78 is 15.6. The van der Waals surface area contributed by atoms with E-state index in [1.54, 1.807) is 0 Å². The second-order valence-electron chi connectivity index (χ2n) is 6.58. The SMILES string of the molecule is CC(C)(C)[S@@+]([O-])N[C@H](c1cccc(Cl)c1)C1CCCC1. The molecule has 0 aliphatic heterocycles. The molecule has 2 rings (SSSR count). The van der Waals surface area contributed by atoms with Crippen molar-refractivity contribution in [2.75, 3.05) is 0 Å². The molecular formula is C16H24ClNOS. The van der Waals surface area contributed by atoms with Crippen LogP contribution in [-0.2, 0) is 11.4 Å². The van der Waals surface area contributed by atoms with Gasteiger partial charge in [-0.1, -0.05) is 36.6 Å². The monoisotopic (exact) mass is 313 g/mol. The summed E-state index contributed by atoms with van der Waals surface area (Å²) >= 11 is 5.05. The number of nitrogens with one attached hydrogen (secondary N) is 1. The van der Waals surface area contributed by atoms with E-state index in [0.717, 1.165) is 10.6 Å². The molecule has 1 N–H and O–H groups in total. The molecule has 1 aliphatic carbocycles. The van der Waals surface area contributed by atoms with Gasteiger partial charge in [-0.05, 0) is 57.2 Å². The first-order valence-electron chi connectivity index (χ1n) is 7.31. The molecule has 0 bridgehead atoms. The first kappa shape index (κ1) is 16.2. The van der Waals surface area contributed by atoms with Crippen molar-refractivity contribution < 1.29 is 4.55 Å². The predicted molar refractivity (Wildman–Crippen MR) is 87.2 cm³/mol. The maximum Gasteiger partial charge on any atom is 0.136 e. The standard InChI is InChI=1S/C16H24ClNOS/c1-16(2,3)20(19)18-15(12-7-4-5-8-12)13-9-6-10-14(17)11-13/h6,9-12,15,18H,4-5,7-8H2,1-3H3/t15-,20+/m0/s1. The van der Waals surface area contributed by atoms with Crippen LogP contribution >= 0.6 is 11.6 Å². The van der Waals surface area contributed by atoms with Gasteiger partial charge in [0.15, 0.2) is 0 Å². The molecule has 2 atom stereocenters. The molecule has 0 radical (unpaired) electrons. The van der Waals surface area contributed by atoms with Crippen LogP contribution in [0.3, 0.4) is 0 Å². The number of benzene rings is 1. The third kappa shape index (κ3) is 4.14. The summed E-state index contributed by atoms with van der Waals surface area (Å²) in [5, 5.41) is 0.744. The van der Waals surface area contributed by atoms with Gasteiger partial charge in [0.2, 0.25) is 0 Å². The summed E-state index contributed by atoms with van der Waals surface area (Å²) in [6.45, 7) is 6.00. The topological polar surface area (TPSA) is 35.1 Å². The average molecular weight is 314 g/mol. The number of hydrogen-bond acceptors (Lipinski definition) is 2. The Balaban J connectivity index is 2.21. The largest absolute Gasteiger partial charge is 0.598 e. The fraction of sp³-hybridized carbons (Fsp3) is 0.625. The smallest absolute Gasteiger partial charge is 0.136 e. The van der Waals surface area contributed by atoms with Gasteiger partial charge in [-0.2, -0.15) is 0 Å². The lowest BCUT2D eigenvalue weighted by Crippen LogP contribution is -2.43. The Morgan fingerprint density at radius 1 is 1.30 bits per heavy atom. The minimum absolute atomic E-state index is 0.135. The summed E-state index contributed by atoms with van der Waals surface area (Å²) in [6.07, 6.45) is 4.94. The molecule has 2 nitrogen and oxygen atoms in total. The maximum absolute atomic E-state index is 12.5. The van der Waals surface area contributed by atoms with Gasteiger partial charge in [-0.25, -0.2) is 0 Å². The van der Waals surface area contributed by atoms with Gasteiger partial charge in [0.05, 0.1) is 6.04 Å². The lowest BCUT2D eigenvalue weighted by atomic mass is 9.92. The molecule has 1 aromatic rings. The van der Waals surface area contributed by atoms with Crippen LogP contribution in [0, 0.1) is 5.92 Å². The summed E-state index contributed by atoms with van der Waals surface area (Å²) in [5.74, 6) is 0.555. The molecule has 0 aromatic heterocycles. The van der Waals surface area contributed by atoms with Crippen LogP contribution in [0.15, 0.2) is 24.3 Å². The van der Waals surface area contributed by atoms with Gasteiger partial charge in [-0.3, -0.25) is 0 Å². The summed E-state index contributed by atoms with van der Waals surface area (Å²) in [7, 11) is 0. The van der Waals surface area contributed by atoms with E-state index in [1.165, 1.54) is 25.7 Å². The van der Waals surface area contributed by atoms with Crippen LogP contribution in [0.25, 0.3) is 0 Å². The molecule has 1 saturated carbocycles. The van der Waals surface area contributed by atoms with E-state index in [1.807, 2.05) is 39.0 Å². The van der Waals surface area contributed by atoms with E-state index < -0.39 is 11.4 Å². The van der Waals surface area contributed by atoms with Crippen LogP contribution in [0.1, 0.15) is 58.1 Å². The Morgan fingerprint density at radius 2 is 1.95 bits per heavy atom. The minimum Gasteiger partial charge on any atom is -0.598 e. The molecule has 0 spiro atoms. The first-order valence-corrected chi connectivity index (χ1v) is 8.84. The Hall–Kier alpha value is -0.220. The Bertz CT molecular complexity index is 440. The lowest BCUT2D eigenvalue weighted by Gasteiger charge is -2.31. The molecular weight excluding hydrogens is 290 g/mol. The second kappa shape index (κ2) is 6.69. The highest BCUT2D eigenvalue weighted by atomic mass is 35.5. The third-order valence-corrected chi connectivity index (χ3v) is 5.68. The zero-order chi connectivity index (χ0) is 14.8. The number of halogens is 1. The fourth-order valence-electron chi connectivity index (χ4n) is 2.72. The molecule has 1 fully saturated rings. The molecule has 1 aromatic carbocycles. The maximum atomic E-state index is 12.5. The average Bonchev–Trinajstić information content (AvgIpc) is 2.88. The highest BCUT2D eigenvalue weighted by molar-refractivity contribution is 7.90. The molecule has 112 valence electrons. The Labute approximate surface area is 130 Å². The Morgan fingerprint density at radius 3 is 2.50 bits per heavy atom. The van der Waals surface area contributed by atoms with Crippen LogP contribution in [0.4, 0.5) is 0 Å². The normalized spacial score (nSPS) is 20.1. The van der Waals surface area contributed by atoms with E-state index >= 15 is 0 Å². The summed E-state index contributed by atoms with van der Waals surface area (Å²) in [6, 6.07) is 8.08. The second-order valence-corrected chi connectivity index (χ2v) is 9.01. The third-order valence-electron chi connectivity index (χ3n) is 3.87. The summed E-state index contributed by atoms with van der Waals surface area (Å²) in [4.78, 5) is 0. The van der Waals surface area contributed by atoms with Crippen molar-refractivity contribution in [3.63, 3.8) is 0 Å². The van der Waals surface area contributed by atoms with Gasteiger partial charge < -0.3 is 4.55 Å². The Kier molecular flexibility index (Phi) is 5.41. The van der Waals surface area contributed by atoms with E-state index in [9.17, 15) is 4.55 Å². The van der Waals surface area contributed by atoms with Gasteiger partial charge in [0.25, 0.3) is 0 Å². The molecule has 4 heteroatoms. The van der Waals surface area contributed by atoms with E-state index in [-0.39, 0.29) is 10.8 Å². The van der Waals surface area contributed by atoms with Crippen LogP contribution in [0.5, 0.6) is 0 Å². The van der Waals surface area contributed by atoms with E-state index in [0.29, 0.717) is 5.92 Å². The van der Waals surface area contributed by atoms with E-state index in [2.05, 4.69) is 10.8 Å². The predicted octanol–water partition coefficient (Wildman–Crippen LogP) is 4.62. The molecule has 0 unspecified atom stereocenters. The van der Waals surface area contributed by atoms with Crippen molar-refractivity contribution in [1.29, 1.82) is 0 Å².